The van der Waals surface area contributed by atoms with E-state index < -0.39 is 0 Å². The number of para-hydroxylation sites is 1. The monoisotopic (exact) mass is 217 g/mol. The number of carbonyl (C=O) groups excluding carboxylic acids is 1. The van der Waals surface area contributed by atoms with E-state index in [-0.39, 0.29) is 12.5 Å². The van der Waals surface area contributed by atoms with Crippen LogP contribution in [0.25, 0.3) is 10.9 Å². The van der Waals surface area contributed by atoms with E-state index >= 15 is 0 Å². The third-order valence-electron chi connectivity index (χ3n) is 2.77. The zero-order valence-corrected chi connectivity index (χ0v) is 9.26. The van der Waals surface area contributed by atoms with Gasteiger partial charge < -0.3 is 9.67 Å². The van der Waals surface area contributed by atoms with E-state index in [4.69, 9.17) is 5.11 Å². The zero-order valence-electron chi connectivity index (χ0n) is 9.26. The van der Waals surface area contributed by atoms with Crippen LogP contribution in [0.4, 0.5) is 0 Å². The van der Waals surface area contributed by atoms with Gasteiger partial charge in [-0.15, -0.1) is 0 Å². The van der Waals surface area contributed by atoms with Gasteiger partial charge in [-0.1, -0.05) is 25.1 Å². The van der Waals surface area contributed by atoms with E-state index in [0.29, 0.717) is 12.2 Å². The summed E-state index contributed by atoms with van der Waals surface area (Å²) in [5.74, 6) is 0.148. The van der Waals surface area contributed by atoms with Gasteiger partial charge in [0, 0.05) is 24.1 Å². The molecule has 3 nitrogen and oxygen atoms in total. The van der Waals surface area contributed by atoms with Gasteiger partial charge in [0.05, 0.1) is 5.69 Å². The molecule has 0 saturated carbocycles. The van der Waals surface area contributed by atoms with Gasteiger partial charge in [-0.2, -0.15) is 0 Å². The number of rotatable bonds is 4. The molecule has 1 N–H and O–H groups in total. The molecule has 0 amide bonds. The van der Waals surface area contributed by atoms with Crippen LogP contribution in [0, 0.1) is 5.92 Å². The average molecular weight is 217 g/mol. The van der Waals surface area contributed by atoms with E-state index in [2.05, 4.69) is 0 Å². The van der Waals surface area contributed by atoms with Crippen molar-refractivity contribution in [2.24, 2.45) is 5.92 Å². The summed E-state index contributed by atoms with van der Waals surface area (Å²) in [6.07, 6.45) is 0.865. The Balaban J connectivity index is 2.51. The van der Waals surface area contributed by atoms with E-state index in [9.17, 15) is 4.79 Å². The number of carbonyl (C=O) groups is 1. The van der Waals surface area contributed by atoms with Crippen molar-refractivity contribution in [3.05, 3.63) is 36.0 Å². The molecule has 1 aromatic carbocycles. The Kier molecular flexibility index (Phi) is 3.06. The highest BCUT2D eigenvalue weighted by molar-refractivity contribution is 5.88. The van der Waals surface area contributed by atoms with Gasteiger partial charge in [0.1, 0.15) is 0 Å². The Labute approximate surface area is 94.3 Å². The summed E-state index contributed by atoms with van der Waals surface area (Å²) in [5, 5.41) is 10.1. The number of benzene rings is 1. The van der Waals surface area contributed by atoms with Gasteiger partial charge in [-0.25, -0.2) is 0 Å². The predicted molar refractivity (Wildman–Crippen MR) is 63.6 cm³/mol. The molecule has 0 spiro atoms. The number of aliphatic hydroxyl groups is 1. The van der Waals surface area contributed by atoms with Crippen LogP contribution in [0.2, 0.25) is 0 Å². The number of hydrogen-bond acceptors (Lipinski definition) is 2. The van der Waals surface area contributed by atoms with Crippen molar-refractivity contribution in [2.75, 3.05) is 6.61 Å². The first kappa shape index (κ1) is 10.9. The SMILES string of the molecule is C[C@@H](CO)Cn1c(C=O)cc2ccccc21. The van der Waals surface area contributed by atoms with Crippen molar-refractivity contribution >= 4 is 17.2 Å². The number of nitrogens with zero attached hydrogens (tertiary/aromatic N) is 1. The molecule has 0 aliphatic carbocycles. The normalized spacial score (nSPS) is 12.9. The van der Waals surface area contributed by atoms with E-state index in [1.54, 1.807) is 0 Å². The fourth-order valence-electron chi connectivity index (χ4n) is 1.90. The second-order valence-corrected chi connectivity index (χ2v) is 4.14. The standard InChI is InChI=1S/C13H15NO2/c1-10(8-15)7-14-12(9-16)6-11-4-2-3-5-13(11)14/h2-6,9-10,15H,7-8H2,1H3/t10-/m1/s1. The molecule has 0 aliphatic heterocycles. The first-order valence-electron chi connectivity index (χ1n) is 5.40. The summed E-state index contributed by atoms with van der Waals surface area (Å²) in [6, 6.07) is 9.77. The Bertz CT molecular complexity index is 502. The Morgan fingerprint density at radius 3 is 2.88 bits per heavy atom. The van der Waals surface area contributed by atoms with Crippen molar-refractivity contribution in [2.45, 2.75) is 13.5 Å². The van der Waals surface area contributed by atoms with Crippen molar-refractivity contribution in [1.82, 2.24) is 4.57 Å². The maximum atomic E-state index is 11.0. The molecular weight excluding hydrogens is 202 g/mol. The fraction of sp³-hybridized carbons (Fsp3) is 0.308. The van der Waals surface area contributed by atoms with Crippen LogP contribution in [0.1, 0.15) is 17.4 Å². The summed E-state index contributed by atoms with van der Waals surface area (Å²) in [6.45, 7) is 2.76. The third-order valence-corrected chi connectivity index (χ3v) is 2.77. The molecular formula is C13H15NO2. The first-order valence-corrected chi connectivity index (χ1v) is 5.40. The van der Waals surface area contributed by atoms with Crippen LogP contribution >= 0.6 is 0 Å². The highest BCUT2D eigenvalue weighted by atomic mass is 16.3. The lowest BCUT2D eigenvalue weighted by Gasteiger charge is -2.12. The van der Waals surface area contributed by atoms with Gasteiger partial charge in [-0.05, 0) is 18.1 Å². The van der Waals surface area contributed by atoms with Gasteiger partial charge in [0.2, 0.25) is 0 Å². The summed E-state index contributed by atoms with van der Waals surface area (Å²) in [4.78, 5) is 11.0. The molecule has 0 fully saturated rings. The van der Waals surface area contributed by atoms with E-state index in [1.165, 1.54) is 0 Å². The quantitative estimate of drug-likeness (QED) is 0.797. The molecule has 0 bridgehead atoms. The Morgan fingerprint density at radius 2 is 2.19 bits per heavy atom. The predicted octanol–water partition coefficient (Wildman–Crippen LogP) is 2.08. The molecule has 1 aromatic heterocycles. The second kappa shape index (κ2) is 4.49. The van der Waals surface area contributed by atoms with Crippen LogP contribution < -0.4 is 0 Å². The molecule has 0 aliphatic rings. The maximum Gasteiger partial charge on any atom is 0.166 e. The topological polar surface area (TPSA) is 42.2 Å². The Morgan fingerprint density at radius 1 is 1.44 bits per heavy atom. The highest BCUT2D eigenvalue weighted by Gasteiger charge is 2.10. The molecule has 0 radical (unpaired) electrons. The molecule has 3 heteroatoms. The van der Waals surface area contributed by atoms with Crippen LogP contribution in [-0.2, 0) is 6.54 Å². The summed E-state index contributed by atoms with van der Waals surface area (Å²) in [7, 11) is 0. The summed E-state index contributed by atoms with van der Waals surface area (Å²) in [5.41, 5.74) is 1.71. The van der Waals surface area contributed by atoms with Crippen molar-refractivity contribution in [3.63, 3.8) is 0 Å². The smallest absolute Gasteiger partial charge is 0.166 e. The largest absolute Gasteiger partial charge is 0.396 e. The van der Waals surface area contributed by atoms with Crippen LogP contribution in [0.3, 0.4) is 0 Å². The minimum absolute atomic E-state index is 0.130. The highest BCUT2D eigenvalue weighted by Crippen LogP contribution is 2.20. The maximum absolute atomic E-state index is 11.0. The zero-order chi connectivity index (χ0) is 11.5. The van der Waals surface area contributed by atoms with E-state index in [0.717, 1.165) is 17.2 Å². The molecule has 0 unspecified atom stereocenters. The molecule has 84 valence electrons. The third kappa shape index (κ3) is 1.86. The lowest BCUT2D eigenvalue weighted by atomic mass is 10.2. The Hall–Kier alpha value is -1.61. The molecule has 2 aromatic rings. The molecule has 2 rings (SSSR count). The first-order chi connectivity index (χ1) is 7.76. The molecule has 0 saturated heterocycles. The second-order valence-electron chi connectivity index (χ2n) is 4.14. The van der Waals surface area contributed by atoms with Crippen LogP contribution in [0.5, 0.6) is 0 Å². The molecule has 16 heavy (non-hydrogen) atoms. The van der Waals surface area contributed by atoms with Crippen molar-refractivity contribution in [1.29, 1.82) is 0 Å². The van der Waals surface area contributed by atoms with Crippen LogP contribution in [0.15, 0.2) is 30.3 Å². The number of aromatic nitrogens is 1. The van der Waals surface area contributed by atoms with Crippen LogP contribution in [-0.4, -0.2) is 22.6 Å². The minimum atomic E-state index is 0.130. The lowest BCUT2D eigenvalue weighted by molar-refractivity contribution is 0.111. The number of aliphatic hydroxyl groups excluding tert-OH is 1. The lowest BCUT2D eigenvalue weighted by Crippen LogP contribution is -2.12. The minimum Gasteiger partial charge on any atom is -0.396 e. The summed E-state index contributed by atoms with van der Waals surface area (Å²) < 4.78 is 1.96. The van der Waals surface area contributed by atoms with E-state index in [1.807, 2.05) is 41.8 Å². The number of aldehydes is 1. The van der Waals surface area contributed by atoms with Gasteiger partial charge >= 0.3 is 0 Å². The van der Waals surface area contributed by atoms with Crippen molar-refractivity contribution in [3.8, 4) is 0 Å². The van der Waals surface area contributed by atoms with Gasteiger partial charge in [-0.3, -0.25) is 4.79 Å². The summed E-state index contributed by atoms with van der Waals surface area (Å²) >= 11 is 0. The average Bonchev–Trinajstić information content (AvgIpc) is 2.67. The van der Waals surface area contributed by atoms with Gasteiger partial charge in [0.15, 0.2) is 6.29 Å². The van der Waals surface area contributed by atoms with Crippen molar-refractivity contribution < 1.29 is 9.90 Å². The fourth-order valence-corrected chi connectivity index (χ4v) is 1.90. The van der Waals surface area contributed by atoms with Gasteiger partial charge in [0.25, 0.3) is 0 Å². The molecule has 1 atom stereocenters. The molecule has 1 heterocycles. The number of hydrogen-bond donors (Lipinski definition) is 1. The number of fused-ring (bicyclic) bond motifs is 1.